The Kier molecular flexibility index (Phi) is 6.71. The SMILES string of the molecule is CCC(CC)N(c1nc(Cl)ncc1NC)[C@@H](C=O)CC. The maximum Gasteiger partial charge on any atom is 0.224 e. The molecule has 1 N–H and O–H groups in total. The number of hydrogen-bond donors (Lipinski definition) is 1. The van der Waals surface area contributed by atoms with Gasteiger partial charge in [-0.25, -0.2) is 4.98 Å². The highest BCUT2D eigenvalue weighted by molar-refractivity contribution is 6.28. The van der Waals surface area contributed by atoms with Gasteiger partial charge in [0.15, 0.2) is 5.82 Å². The highest BCUT2D eigenvalue weighted by Crippen LogP contribution is 2.29. The first kappa shape index (κ1) is 16.7. The average Bonchev–Trinajstić information content (AvgIpc) is 2.47. The molecule has 0 aromatic carbocycles. The highest BCUT2D eigenvalue weighted by Gasteiger charge is 2.26. The fraction of sp³-hybridized carbons (Fsp3) is 0.643. The fourth-order valence-corrected chi connectivity index (χ4v) is 2.50. The number of anilines is 2. The number of halogens is 1. The number of nitrogens with one attached hydrogen (secondary N) is 1. The number of hydrogen-bond acceptors (Lipinski definition) is 5. The van der Waals surface area contributed by atoms with E-state index in [-0.39, 0.29) is 17.4 Å². The number of carbonyl (C=O) groups is 1. The topological polar surface area (TPSA) is 58.1 Å². The molecule has 112 valence electrons. The van der Waals surface area contributed by atoms with Crippen LogP contribution in [-0.4, -0.2) is 35.4 Å². The Bertz CT molecular complexity index is 437. The van der Waals surface area contributed by atoms with Crippen LogP contribution in [0.5, 0.6) is 0 Å². The van der Waals surface area contributed by atoms with E-state index in [1.165, 1.54) is 0 Å². The summed E-state index contributed by atoms with van der Waals surface area (Å²) in [6, 6.07) is 0.0289. The molecule has 0 aliphatic rings. The van der Waals surface area contributed by atoms with Crippen molar-refractivity contribution >= 4 is 29.4 Å². The van der Waals surface area contributed by atoms with E-state index in [1.807, 2.05) is 14.0 Å². The van der Waals surface area contributed by atoms with Crippen molar-refractivity contribution in [2.45, 2.75) is 52.1 Å². The van der Waals surface area contributed by atoms with E-state index in [0.717, 1.165) is 31.2 Å². The first-order valence-electron chi connectivity index (χ1n) is 7.06. The first-order valence-corrected chi connectivity index (χ1v) is 7.44. The second-order valence-electron chi connectivity index (χ2n) is 4.62. The lowest BCUT2D eigenvalue weighted by molar-refractivity contribution is -0.109. The smallest absolute Gasteiger partial charge is 0.224 e. The van der Waals surface area contributed by atoms with Gasteiger partial charge in [0.25, 0.3) is 0 Å². The molecule has 1 heterocycles. The summed E-state index contributed by atoms with van der Waals surface area (Å²) in [5.74, 6) is 0.695. The van der Waals surface area contributed by atoms with Crippen LogP contribution in [0, 0.1) is 0 Å². The minimum absolute atomic E-state index is 0.190. The molecule has 0 aliphatic heterocycles. The lowest BCUT2D eigenvalue weighted by atomic mass is 10.1. The Morgan fingerprint density at radius 1 is 1.35 bits per heavy atom. The summed E-state index contributed by atoms with van der Waals surface area (Å²) in [4.78, 5) is 21.8. The Hall–Kier alpha value is -1.36. The van der Waals surface area contributed by atoms with Gasteiger partial charge in [0.2, 0.25) is 5.28 Å². The Balaban J connectivity index is 3.35. The van der Waals surface area contributed by atoms with Gasteiger partial charge in [-0.3, -0.25) is 0 Å². The molecule has 1 atom stereocenters. The largest absolute Gasteiger partial charge is 0.384 e. The Morgan fingerprint density at radius 2 is 2.00 bits per heavy atom. The van der Waals surface area contributed by atoms with Gasteiger partial charge in [-0.15, -0.1) is 0 Å². The predicted molar refractivity (Wildman–Crippen MR) is 83.6 cm³/mol. The second kappa shape index (κ2) is 8.04. The van der Waals surface area contributed by atoms with Gasteiger partial charge in [0.05, 0.1) is 17.9 Å². The van der Waals surface area contributed by atoms with E-state index in [9.17, 15) is 4.79 Å². The summed E-state index contributed by atoms with van der Waals surface area (Å²) in [6.45, 7) is 6.22. The van der Waals surface area contributed by atoms with Crippen LogP contribution in [0.25, 0.3) is 0 Å². The molecule has 0 saturated carbocycles. The molecule has 1 aromatic heterocycles. The molecule has 0 aliphatic carbocycles. The summed E-state index contributed by atoms with van der Waals surface area (Å²) in [5, 5.41) is 3.26. The maximum absolute atomic E-state index is 11.4. The molecule has 0 radical (unpaired) electrons. The summed E-state index contributed by atoms with van der Waals surface area (Å²) in [7, 11) is 1.81. The van der Waals surface area contributed by atoms with E-state index in [4.69, 9.17) is 11.6 Å². The number of aromatic nitrogens is 2. The quantitative estimate of drug-likeness (QED) is 0.590. The number of rotatable bonds is 8. The molecule has 0 amide bonds. The molecule has 1 aromatic rings. The molecular weight excluding hydrogens is 276 g/mol. The van der Waals surface area contributed by atoms with Crippen LogP contribution >= 0.6 is 11.6 Å². The van der Waals surface area contributed by atoms with Crippen molar-refractivity contribution < 1.29 is 4.79 Å². The number of nitrogens with zero attached hydrogens (tertiary/aromatic N) is 3. The van der Waals surface area contributed by atoms with Gasteiger partial charge in [-0.2, -0.15) is 4.98 Å². The van der Waals surface area contributed by atoms with E-state index in [2.05, 4.69) is 34.0 Å². The molecule has 0 saturated heterocycles. The van der Waals surface area contributed by atoms with Crippen molar-refractivity contribution in [3.8, 4) is 0 Å². The average molecular weight is 299 g/mol. The van der Waals surface area contributed by atoms with Crippen LogP contribution in [0.1, 0.15) is 40.0 Å². The van der Waals surface area contributed by atoms with E-state index >= 15 is 0 Å². The second-order valence-corrected chi connectivity index (χ2v) is 4.95. The zero-order chi connectivity index (χ0) is 15.1. The van der Waals surface area contributed by atoms with Gasteiger partial charge in [0, 0.05) is 13.1 Å². The third kappa shape index (κ3) is 3.60. The molecule has 5 nitrogen and oxygen atoms in total. The zero-order valence-corrected chi connectivity index (χ0v) is 13.3. The number of aldehydes is 1. The van der Waals surface area contributed by atoms with Gasteiger partial charge in [0.1, 0.15) is 6.29 Å². The molecular formula is C14H23ClN4O. The number of carbonyl (C=O) groups excluding carboxylic acids is 1. The minimum atomic E-state index is -0.210. The van der Waals surface area contributed by atoms with Crippen molar-refractivity contribution in [1.29, 1.82) is 0 Å². The van der Waals surface area contributed by atoms with E-state index in [0.29, 0.717) is 5.82 Å². The van der Waals surface area contributed by atoms with Crippen molar-refractivity contribution in [3.63, 3.8) is 0 Å². The fourth-order valence-electron chi connectivity index (χ4n) is 2.37. The normalized spacial score (nSPS) is 12.3. The van der Waals surface area contributed by atoms with Crippen LogP contribution in [0.3, 0.4) is 0 Å². The molecule has 6 heteroatoms. The van der Waals surface area contributed by atoms with E-state index < -0.39 is 0 Å². The van der Waals surface area contributed by atoms with Crippen molar-refractivity contribution in [2.24, 2.45) is 0 Å². The van der Waals surface area contributed by atoms with Gasteiger partial charge in [-0.05, 0) is 30.9 Å². The molecule has 0 bridgehead atoms. The van der Waals surface area contributed by atoms with Crippen LogP contribution < -0.4 is 10.2 Å². The Labute approximate surface area is 125 Å². The maximum atomic E-state index is 11.4. The molecule has 0 unspecified atom stereocenters. The van der Waals surface area contributed by atoms with Crippen molar-refractivity contribution in [3.05, 3.63) is 11.5 Å². The van der Waals surface area contributed by atoms with Gasteiger partial charge < -0.3 is 15.0 Å². The predicted octanol–water partition coefficient (Wildman–Crippen LogP) is 3.14. The lowest BCUT2D eigenvalue weighted by Gasteiger charge is -2.36. The van der Waals surface area contributed by atoms with E-state index in [1.54, 1.807) is 6.20 Å². The summed E-state index contributed by atoms with van der Waals surface area (Å²) in [5.41, 5.74) is 0.779. The third-order valence-corrected chi connectivity index (χ3v) is 3.70. The van der Waals surface area contributed by atoms with Crippen LogP contribution in [0.2, 0.25) is 5.28 Å². The van der Waals surface area contributed by atoms with Gasteiger partial charge >= 0.3 is 0 Å². The third-order valence-electron chi connectivity index (χ3n) is 3.52. The zero-order valence-electron chi connectivity index (χ0n) is 12.6. The molecule has 1 rings (SSSR count). The first-order chi connectivity index (χ1) is 9.62. The van der Waals surface area contributed by atoms with Crippen LogP contribution in [0.4, 0.5) is 11.5 Å². The van der Waals surface area contributed by atoms with Crippen molar-refractivity contribution in [2.75, 3.05) is 17.3 Å². The highest BCUT2D eigenvalue weighted by atomic mass is 35.5. The van der Waals surface area contributed by atoms with Crippen molar-refractivity contribution in [1.82, 2.24) is 9.97 Å². The minimum Gasteiger partial charge on any atom is -0.384 e. The van der Waals surface area contributed by atoms with Crippen LogP contribution in [-0.2, 0) is 4.79 Å². The monoisotopic (exact) mass is 298 g/mol. The standard InChI is InChI=1S/C14H23ClN4O/c1-5-10(6-2)19(11(7-3)9-20)13-12(16-4)8-17-14(15)18-13/h8-11,16H,5-7H2,1-4H3/t11-/m1/s1. The van der Waals surface area contributed by atoms with Crippen LogP contribution in [0.15, 0.2) is 6.20 Å². The molecule has 0 fully saturated rings. The molecule has 0 spiro atoms. The summed E-state index contributed by atoms with van der Waals surface area (Å²) >= 11 is 5.94. The molecule has 20 heavy (non-hydrogen) atoms. The lowest BCUT2D eigenvalue weighted by Crippen LogP contribution is -2.44. The summed E-state index contributed by atoms with van der Waals surface area (Å²) < 4.78 is 0. The summed E-state index contributed by atoms with van der Waals surface area (Å²) in [6.07, 6.45) is 5.23. The Morgan fingerprint density at radius 3 is 2.45 bits per heavy atom. The van der Waals surface area contributed by atoms with Gasteiger partial charge in [-0.1, -0.05) is 20.8 Å².